The maximum absolute atomic E-state index is 12.7. The summed E-state index contributed by atoms with van der Waals surface area (Å²) in [7, 11) is 0. The van der Waals surface area contributed by atoms with Crippen molar-refractivity contribution in [3.05, 3.63) is 71.1 Å². The molecule has 3 aromatic rings. The zero-order valence-electron chi connectivity index (χ0n) is 17.8. The van der Waals surface area contributed by atoms with Gasteiger partial charge in [-0.1, -0.05) is 12.1 Å². The monoisotopic (exact) mass is 449 g/mol. The topological polar surface area (TPSA) is 99.5 Å². The van der Waals surface area contributed by atoms with Crippen LogP contribution < -0.4 is 21.7 Å². The molecule has 32 heavy (non-hydrogen) atoms. The summed E-state index contributed by atoms with van der Waals surface area (Å²) < 4.78 is 0. The standard InChI is InChI=1S/C24H27N5O2S/c25-20-8-7-19(22-2-1-15-32-22)16-21(20)28-24(31)18-5-3-17(4-6-18)23(30)27-11-14-29-12-9-26-10-13-29/h1-8,15-16,26H,9-14,25H2,(H,27,30)(H,28,31). The molecule has 0 atom stereocenters. The van der Waals surface area contributed by atoms with Gasteiger partial charge in [-0.3, -0.25) is 14.5 Å². The van der Waals surface area contributed by atoms with Gasteiger partial charge in [0.2, 0.25) is 0 Å². The average Bonchev–Trinajstić information content (AvgIpc) is 3.36. The van der Waals surface area contributed by atoms with Gasteiger partial charge in [0.1, 0.15) is 0 Å². The second kappa shape index (κ2) is 10.4. The van der Waals surface area contributed by atoms with Crippen molar-refractivity contribution in [3.8, 4) is 10.4 Å². The van der Waals surface area contributed by atoms with E-state index >= 15 is 0 Å². The molecule has 0 aliphatic carbocycles. The third-order valence-electron chi connectivity index (χ3n) is 5.44. The van der Waals surface area contributed by atoms with E-state index < -0.39 is 0 Å². The Morgan fingerprint density at radius 3 is 2.41 bits per heavy atom. The third kappa shape index (κ3) is 5.53. The summed E-state index contributed by atoms with van der Waals surface area (Å²) in [6, 6.07) is 16.2. The number of piperazine rings is 1. The van der Waals surface area contributed by atoms with E-state index in [2.05, 4.69) is 20.9 Å². The lowest BCUT2D eigenvalue weighted by Crippen LogP contribution is -2.46. The Kier molecular flexibility index (Phi) is 7.16. The lowest BCUT2D eigenvalue weighted by molar-refractivity contribution is 0.0945. The van der Waals surface area contributed by atoms with Crippen molar-refractivity contribution in [2.45, 2.75) is 0 Å². The molecule has 7 nitrogen and oxygen atoms in total. The fourth-order valence-electron chi connectivity index (χ4n) is 3.59. The average molecular weight is 450 g/mol. The molecule has 1 aromatic heterocycles. The molecule has 0 radical (unpaired) electrons. The zero-order valence-corrected chi connectivity index (χ0v) is 18.6. The number of anilines is 2. The van der Waals surface area contributed by atoms with Gasteiger partial charge in [0.05, 0.1) is 11.4 Å². The SMILES string of the molecule is Nc1ccc(-c2cccs2)cc1NC(=O)c1ccc(C(=O)NCCN2CCNCC2)cc1. The molecule has 0 unspecified atom stereocenters. The number of carbonyl (C=O) groups excluding carboxylic acids is 2. The number of hydrogen-bond donors (Lipinski definition) is 4. The smallest absolute Gasteiger partial charge is 0.255 e. The largest absolute Gasteiger partial charge is 0.397 e. The number of thiophene rings is 1. The Hall–Kier alpha value is -3.20. The lowest BCUT2D eigenvalue weighted by atomic mass is 10.1. The van der Waals surface area contributed by atoms with Crippen LogP contribution in [0.3, 0.4) is 0 Å². The number of hydrogen-bond acceptors (Lipinski definition) is 6. The van der Waals surface area contributed by atoms with E-state index in [9.17, 15) is 9.59 Å². The highest BCUT2D eigenvalue weighted by atomic mass is 32.1. The summed E-state index contributed by atoms with van der Waals surface area (Å²) in [5.41, 5.74) is 9.11. The molecular weight excluding hydrogens is 422 g/mol. The number of nitrogens with two attached hydrogens (primary N) is 1. The number of amides is 2. The first kappa shape index (κ1) is 22.0. The molecule has 8 heteroatoms. The molecule has 2 aromatic carbocycles. The van der Waals surface area contributed by atoms with E-state index in [4.69, 9.17) is 5.73 Å². The normalized spacial score (nSPS) is 14.1. The Morgan fingerprint density at radius 2 is 1.72 bits per heavy atom. The number of rotatable bonds is 7. The van der Waals surface area contributed by atoms with Crippen LogP contribution in [0, 0.1) is 0 Å². The van der Waals surface area contributed by atoms with Crippen molar-refractivity contribution in [1.29, 1.82) is 0 Å². The van der Waals surface area contributed by atoms with Crippen molar-refractivity contribution in [1.82, 2.24) is 15.5 Å². The Bertz CT molecular complexity index is 1060. The molecular formula is C24H27N5O2S. The second-order valence-corrected chi connectivity index (χ2v) is 8.61. The number of nitrogens with one attached hydrogen (secondary N) is 3. The van der Waals surface area contributed by atoms with Crippen molar-refractivity contribution in [3.63, 3.8) is 0 Å². The highest BCUT2D eigenvalue weighted by Crippen LogP contribution is 2.30. The van der Waals surface area contributed by atoms with Gasteiger partial charge >= 0.3 is 0 Å². The predicted molar refractivity (Wildman–Crippen MR) is 130 cm³/mol. The van der Waals surface area contributed by atoms with Crippen LogP contribution >= 0.6 is 11.3 Å². The highest BCUT2D eigenvalue weighted by Gasteiger charge is 2.13. The van der Waals surface area contributed by atoms with Gasteiger partial charge < -0.3 is 21.7 Å². The van der Waals surface area contributed by atoms with E-state index in [0.29, 0.717) is 29.0 Å². The number of nitrogen functional groups attached to an aromatic ring is 1. The van der Waals surface area contributed by atoms with Crippen LogP contribution in [0.15, 0.2) is 60.0 Å². The first-order chi connectivity index (χ1) is 15.6. The molecule has 1 fully saturated rings. The van der Waals surface area contributed by atoms with Crippen LogP contribution in [0.5, 0.6) is 0 Å². The van der Waals surface area contributed by atoms with Crippen LogP contribution in [0.1, 0.15) is 20.7 Å². The van der Waals surface area contributed by atoms with Gasteiger partial charge in [-0.05, 0) is 53.4 Å². The van der Waals surface area contributed by atoms with Crippen molar-refractivity contribution in [2.75, 3.05) is 50.3 Å². The van der Waals surface area contributed by atoms with E-state index in [1.807, 2.05) is 29.6 Å². The lowest BCUT2D eigenvalue weighted by Gasteiger charge is -2.27. The van der Waals surface area contributed by atoms with Crippen molar-refractivity contribution >= 4 is 34.5 Å². The summed E-state index contributed by atoms with van der Waals surface area (Å²) in [5, 5.41) is 11.1. The molecule has 1 aliphatic rings. The van der Waals surface area contributed by atoms with Crippen LogP contribution in [0.25, 0.3) is 10.4 Å². The molecule has 0 saturated carbocycles. The van der Waals surface area contributed by atoms with Crippen LogP contribution in [-0.2, 0) is 0 Å². The van der Waals surface area contributed by atoms with E-state index in [1.54, 1.807) is 41.7 Å². The van der Waals surface area contributed by atoms with Crippen molar-refractivity contribution in [2.24, 2.45) is 0 Å². The van der Waals surface area contributed by atoms with Crippen LogP contribution in [0.4, 0.5) is 11.4 Å². The summed E-state index contributed by atoms with van der Waals surface area (Å²) >= 11 is 1.63. The molecule has 5 N–H and O–H groups in total. The predicted octanol–water partition coefficient (Wildman–Crippen LogP) is 2.88. The molecule has 4 rings (SSSR count). The minimum absolute atomic E-state index is 0.139. The minimum Gasteiger partial charge on any atom is -0.397 e. The van der Waals surface area contributed by atoms with Gasteiger partial charge in [-0.25, -0.2) is 0 Å². The van der Waals surface area contributed by atoms with Gasteiger partial charge in [0.15, 0.2) is 0 Å². The van der Waals surface area contributed by atoms with Gasteiger partial charge in [-0.2, -0.15) is 0 Å². The molecule has 0 spiro atoms. The number of nitrogens with zero attached hydrogens (tertiary/aromatic N) is 1. The molecule has 2 heterocycles. The second-order valence-electron chi connectivity index (χ2n) is 7.66. The first-order valence-corrected chi connectivity index (χ1v) is 11.5. The zero-order chi connectivity index (χ0) is 22.3. The molecule has 1 aliphatic heterocycles. The molecule has 2 amide bonds. The number of carbonyl (C=O) groups is 2. The molecule has 1 saturated heterocycles. The summed E-state index contributed by atoms with van der Waals surface area (Å²) in [6.07, 6.45) is 0. The van der Waals surface area contributed by atoms with Crippen LogP contribution in [0.2, 0.25) is 0 Å². The van der Waals surface area contributed by atoms with Gasteiger partial charge in [0, 0.05) is 55.3 Å². The van der Waals surface area contributed by atoms with E-state index in [1.165, 1.54) is 0 Å². The van der Waals surface area contributed by atoms with E-state index in [0.717, 1.165) is 43.2 Å². The maximum Gasteiger partial charge on any atom is 0.255 e. The van der Waals surface area contributed by atoms with Gasteiger partial charge in [0.25, 0.3) is 11.8 Å². The number of benzene rings is 2. The fourth-order valence-corrected chi connectivity index (χ4v) is 4.32. The third-order valence-corrected chi connectivity index (χ3v) is 6.36. The quantitative estimate of drug-likeness (QED) is 0.416. The van der Waals surface area contributed by atoms with E-state index in [-0.39, 0.29) is 11.8 Å². The highest BCUT2D eigenvalue weighted by molar-refractivity contribution is 7.13. The summed E-state index contributed by atoms with van der Waals surface area (Å²) in [6.45, 7) is 5.41. The van der Waals surface area contributed by atoms with Crippen molar-refractivity contribution < 1.29 is 9.59 Å². The first-order valence-electron chi connectivity index (χ1n) is 10.7. The maximum atomic E-state index is 12.7. The van der Waals surface area contributed by atoms with Gasteiger partial charge in [-0.15, -0.1) is 11.3 Å². The summed E-state index contributed by atoms with van der Waals surface area (Å²) in [5.74, 6) is -0.411. The molecule has 166 valence electrons. The van der Waals surface area contributed by atoms with Crippen LogP contribution in [-0.4, -0.2) is 56.0 Å². The molecule has 0 bridgehead atoms. The Morgan fingerprint density at radius 1 is 1.00 bits per heavy atom. The Labute approximate surface area is 191 Å². The fraction of sp³-hybridized carbons (Fsp3) is 0.250. The summed E-state index contributed by atoms with van der Waals surface area (Å²) in [4.78, 5) is 28.5. The Balaban J connectivity index is 1.34. The minimum atomic E-state index is -0.273.